The fourth-order valence-corrected chi connectivity index (χ4v) is 9.09. The number of likely N-dealkylation sites (tertiary alicyclic amines) is 1. The Balaban J connectivity index is 1.33. The van der Waals surface area contributed by atoms with E-state index >= 15 is 0 Å². The highest BCUT2D eigenvalue weighted by molar-refractivity contribution is 7.89. The van der Waals surface area contributed by atoms with Crippen LogP contribution in [0.1, 0.15) is 77.9 Å². The number of para-hydroxylation sites is 1. The Kier molecular flexibility index (Phi) is 8.60. The number of aromatic nitrogens is 2. The minimum atomic E-state index is -3.28. The number of aryl methyl sites for hydroxylation is 2. The molecule has 1 aromatic carbocycles. The van der Waals surface area contributed by atoms with Crippen LogP contribution in [0.2, 0.25) is 0 Å². The zero-order chi connectivity index (χ0) is 29.5. The first-order valence-corrected chi connectivity index (χ1v) is 16.5. The first-order valence-electron chi connectivity index (χ1n) is 15.0. The molecule has 1 atom stereocenters. The Hall–Kier alpha value is -2.75. The van der Waals surface area contributed by atoms with E-state index in [1.807, 2.05) is 52.1 Å². The third kappa shape index (κ3) is 5.81. The second kappa shape index (κ2) is 11.9. The van der Waals surface area contributed by atoms with Gasteiger partial charge in [-0.1, -0.05) is 18.2 Å². The SMILES string of the molecule is Cc1cc(C)c(CCC(=O)c2c(C)n([C@H](C)C3CCN(S(=O)(=O)C4CCN(C)CC4)CC3)c3ccccc23)c(=O)[nH]1. The molecule has 0 unspecified atom stereocenters. The monoisotopic (exact) mass is 580 g/mol. The van der Waals surface area contributed by atoms with E-state index in [-0.39, 0.29) is 29.1 Å². The van der Waals surface area contributed by atoms with Crippen LogP contribution in [0.5, 0.6) is 0 Å². The molecular weight excluding hydrogens is 536 g/mol. The van der Waals surface area contributed by atoms with E-state index in [2.05, 4.69) is 27.4 Å². The number of nitrogens with zero attached hydrogens (tertiary/aromatic N) is 3. The zero-order valence-electron chi connectivity index (χ0n) is 25.1. The van der Waals surface area contributed by atoms with Crippen LogP contribution >= 0.6 is 0 Å². The maximum absolute atomic E-state index is 13.7. The summed E-state index contributed by atoms with van der Waals surface area (Å²) in [5.74, 6) is 0.355. The molecule has 2 aliphatic rings. The summed E-state index contributed by atoms with van der Waals surface area (Å²) in [4.78, 5) is 31.3. The lowest BCUT2D eigenvalue weighted by Gasteiger charge is -2.38. The molecule has 4 heterocycles. The average molecular weight is 581 g/mol. The molecule has 0 saturated carbocycles. The molecule has 2 saturated heterocycles. The van der Waals surface area contributed by atoms with E-state index in [4.69, 9.17) is 0 Å². The van der Waals surface area contributed by atoms with Crippen LogP contribution in [0.25, 0.3) is 10.9 Å². The van der Waals surface area contributed by atoms with Crippen molar-refractivity contribution in [2.45, 2.75) is 77.5 Å². The number of fused-ring (bicyclic) bond motifs is 1. The van der Waals surface area contributed by atoms with Crippen LogP contribution in [0.3, 0.4) is 0 Å². The fourth-order valence-electron chi connectivity index (χ4n) is 7.14. The van der Waals surface area contributed by atoms with E-state index in [1.54, 1.807) is 4.31 Å². The number of ketones is 1. The van der Waals surface area contributed by atoms with E-state index in [9.17, 15) is 18.0 Å². The third-order valence-electron chi connectivity index (χ3n) is 9.57. The van der Waals surface area contributed by atoms with Gasteiger partial charge in [0.1, 0.15) is 0 Å². The highest BCUT2D eigenvalue weighted by Gasteiger charge is 2.37. The zero-order valence-corrected chi connectivity index (χ0v) is 25.9. The quantitative estimate of drug-likeness (QED) is 0.388. The lowest BCUT2D eigenvalue weighted by molar-refractivity contribution is 0.0983. The molecule has 0 radical (unpaired) electrons. The molecule has 0 amide bonds. The van der Waals surface area contributed by atoms with Gasteiger partial charge >= 0.3 is 0 Å². The van der Waals surface area contributed by atoms with Crippen molar-refractivity contribution in [2.24, 2.45) is 5.92 Å². The van der Waals surface area contributed by atoms with Gasteiger partial charge in [-0.25, -0.2) is 12.7 Å². The number of nitrogens with one attached hydrogen (secondary N) is 1. The lowest BCUT2D eigenvalue weighted by Crippen LogP contribution is -2.47. The van der Waals surface area contributed by atoms with Crippen molar-refractivity contribution < 1.29 is 13.2 Å². The van der Waals surface area contributed by atoms with Crippen LogP contribution in [-0.2, 0) is 16.4 Å². The second-order valence-electron chi connectivity index (χ2n) is 12.2. The number of H-pyrrole nitrogens is 1. The number of aromatic amines is 1. The summed E-state index contributed by atoms with van der Waals surface area (Å²) < 4.78 is 30.8. The molecule has 1 N–H and O–H groups in total. The van der Waals surface area contributed by atoms with Gasteiger partial charge in [-0.15, -0.1) is 0 Å². The van der Waals surface area contributed by atoms with Gasteiger partial charge in [-0.3, -0.25) is 9.59 Å². The molecule has 9 heteroatoms. The number of piperidine rings is 2. The summed E-state index contributed by atoms with van der Waals surface area (Å²) in [7, 11) is -1.23. The first kappa shape index (κ1) is 29.7. The van der Waals surface area contributed by atoms with Crippen LogP contribution in [0.15, 0.2) is 35.1 Å². The molecule has 8 nitrogen and oxygen atoms in total. The molecular formula is C32H44N4O4S. The fraction of sp³-hybridized carbons (Fsp3) is 0.562. The number of sulfonamides is 1. The van der Waals surface area contributed by atoms with Crippen LogP contribution in [-0.4, -0.2) is 71.4 Å². The summed E-state index contributed by atoms with van der Waals surface area (Å²) in [6.07, 6.45) is 3.69. The smallest absolute Gasteiger partial charge is 0.251 e. The summed E-state index contributed by atoms with van der Waals surface area (Å²) in [6.45, 7) is 10.8. The standard InChI is InChI=1S/C32H44N4O4S/c1-21-20-22(2)33-32(38)27(21)10-11-30(37)31-24(4)36(29-9-7-6-8-28(29)31)23(3)25-12-18-35(19-13-25)41(39,40)26-14-16-34(5)17-15-26/h6-9,20,23,25-26H,10-19H2,1-5H3,(H,33,38)/t23-/m1/s1. The van der Waals surface area contributed by atoms with Crippen molar-refractivity contribution >= 4 is 26.7 Å². The number of pyridine rings is 1. The number of hydrogen-bond donors (Lipinski definition) is 1. The van der Waals surface area contributed by atoms with E-state index in [1.165, 1.54) is 0 Å². The number of Topliss-reactive ketones (excluding diaryl/α,β-unsaturated/α-hetero) is 1. The van der Waals surface area contributed by atoms with E-state index < -0.39 is 10.0 Å². The number of benzene rings is 1. The third-order valence-corrected chi connectivity index (χ3v) is 12.0. The summed E-state index contributed by atoms with van der Waals surface area (Å²) in [5.41, 5.74) is 4.99. The predicted octanol–water partition coefficient (Wildman–Crippen LogP) is 4.77. The topological polar surface area (TPSA) is 95.5 Å². The van der Waals surface area contributed by atoms with Gasteiger partial charge in [-0.2, -0.15) is 0 Å². The van der Waals surface area contributed by atoms with Crippen molar-refractivity contribution in [1.82, 2.24) is 18.8 Å². The maximum atomic E-state index is 13.7. The summed E-state index contributed by atoms with van der Waals surface area (Å²) >= 11 is 0. The van der Waals surface area contributed by atoms with Crippen LogP contribution in [0.4, 0.5) is 0 Å². The number of rotatable bonds is 8. The average Bonchev–Trinajstić information content (AvgIpc) is 3.24. The second-order valence-corrected chi connectivity index (χ2v) is 14.5. The minimum Gasteiger partial charge on any atom is -0.341 e. The van der Waals surface area contributed by atoms with Crippen molar-refractivity contribution in [1.29, 1.82) is 0 Å². The highest BCUT2D eigenvalue weighted by atomic mass is 32.2. The molecule has 2 aliphatic heterocycles. The van der Waals surface area contributed by atoms with Crippen molar-refractivity contribution in [3.8, 4) is 0 Å². The van der Waals surface area contributed by atoms with Gasteiger partial charge in [0.05, 0.1) is 5.25 Å². The Morgan fingerprint density at radius 3 is 2.34 bits per heavy atom. The molecule has 41 heavy (non-hydrogen) atoms. The minimum absolute atomic E-state index is 0.0445. The van der Waals surface area contributed by atoms with Gasteiger partial charge in [0, 0.05) is 59.0 Å². The Bertz CT molecular complexity index is 1590. The molecule has 2 aromatic heterocycles. The van der Waals surface area contributed by atoms with Gasteiger partial charge in [0.15, 0.2) is 5.78 Å². The number of hydrogen-bond acceptors (Lipinski definition) is 5. The Morgan fingerprint density at radius 1 is 1.02 bits per heavy atom. The van der Waals surface area contributed by atoms with Crippen molar-refractivity contribution in [3.63, 3.8) is 0 Å². The number of carbonyl (C=O) groups is 1. The maximum Gasteiger partial charge on any atom is 0.251 e. The van der Waals surface area contributed by atoms with Gasteiger partial charge in [-0.05, 0) is 104 Å². The van der Waals surface area contributed by atoms with E-state index in [0.717, 1.165) is 59.3 Å². The predicted molar refractivity (Wildman–Crippen MR) is 164 cm³/mol. The molecule has 0 aliphatic carbocycles. The van der Waals surface area contributed by atoms with Crippen molar-refractivity contribution in [2.75, 3.05) is 33.2 Å². The highest BCUT2D eigenvalue weighted by Crippen LogP contribution is 2.37. The molecule has 3 aromatic rings. The number of carbonyl (C=O) groups excluding carboxylic acids is 1. The molecule has 5 rings (SSSR count). The Morgan fingerprint density at radius 2 is 1.68 bits per heavy atom. The van der Waals surface area contributed by atoms with Crippen LogP contribution in [0, 0.1) is 26.7 Å². The van der Waals surface area contributed by atoms with Crippen LogP contribution < -0.4 is 5.56 Å². The normalized spacial score (nSPS) is 19.1. The summed E-state index contributed by atoms with van der Waals surface area (Å²) in [6, 6.07) is 10.1. The largest absolute Gasteiger partial charge is 0.341 e. The molecule has 222 valence electrons. The van der Waals surface area contributed by atoms with Gasteiger partial charge in [0.25, 0.3) is 5.56 Å². The van der Waals surface area contributed by atoms with E-state index in [0.29, 0.717) is 43.8 Å². The van der Waals surface area contributed by atoms with Gasteiger partial charge in [0.2, 0.25) is 10.0 Å². The molecule has 0 bridgehead atoms. The summed E-state index contributed by atoms with van der Waals surface area (Å²) in [5, 5.41) is 0.676. The molecule has 0 spiro atoms. The Labute approximate surface area is 243 Å². The van der Waals surface area contributed by atoms with Crippen molar-refractivity contribution in [3.05, 3.63) is 68.8 Å². The molecule has 2 fully saturated rings. The van der Waals surface area contributed by atoms with Gasteiger partial charge < -0.3 is 14.5 Å². The lowest BCUT2D eigenvalue weighted by atomic mass is 9.91. The first-order chi connectivity index (χ1) is 19.5.